The largest absolute Gasteiger partial charge is 0.0850 e. The van der Waals surface area contributed by atoms with Gasteiger partial charge < -0.3 is 0 Å². The van der Waals surface area contributed by atoms with Gasteiger partial charge in [-0.3, -0.25) is 0 Å². The Morgan fingerprint density at radius 1 is 1.44 bits per heavy atom. The summed E-state index contributed by atoms with van der Waals surface area (Å²) in [6, 6.07) is 0. The zero-order chi connectivity index (χ0) is 7.49. The molecule has 0 saturated carbocycles. The lowest BCUT2D eigenvalue weighted by Crippen LogP contribution is -2.19. The van der Waals surface area contributed by atoms with E-state index < -0.39 is 8.07 Å². The highest BCUT2D eigenvalue weighted by Crippen LogP contribution is 2.21. The maximum Gasteiger partial charge on any atom is 0.0850 e. The Kier molecular flexibility index (Phi) is 4.04. The first kappa shape index (κ1) is 9.69. The van der Waals surface area contributed by atoms with Crippen molar-refractivity contribution in [1.29, 1.82) is 0 Å². The molecule has 0 bridgehead atoms. The van der Waals surface area contributed by atoms with Crippen LogP contribution in [0.25, 0.3) is 0 Å². The monoisotopic (exact) mass is 254 g/mol. The second-order valence-electron chi connectivity index (χ2n) is 3.21. The second-order valence-corrected chi connectivity index (χ2v) is 10.4. The van der Waals surface area contributed by atoms with Gasteiger partial charge in [0.15, 0.2) is 0 Å². The zero-order valence-electron chi connectivity index (χ0n) is 6.66. The van der Waals surface area contributed by atoms with Crippen LogP contribution in [0.5, 0.6) is 0 Å². The molecule has 0 amide bonds. The molecular formula is C7H15ISi. The lowest BCUT2D eigenvalue weighted by Gasteiger charge is -2.14. The molecule has 0 fully saturated rings. The normalized spacial score (nSPS) is 14.1. The predicted octanol–water partition coefficient (Wildman–Crippen LogP) is 3.59. The molecule has 0 unspecified atom stereocenters. The van der Waals surface area contributed by atoms with Crippen molar-refractivity contribution < 1.29 is 0 Å². The van der Waals surface area contributed by atoms with Gasteiger partial charge in [0, 0.05) is 0 Å². The molecule has 0 aliphatic rings. The molecule has 0 aromatic carbocycles. The van der Waals surface area contributed by atoms with E-state index in [0.717, 1.165) is 0 Å². The summed E-state index contributed by atoms with van der Waals surface area (Å²) < 4.78 is 1.60. The van der Waals surface area contributed by atoms with Crippen molar-refractivity contribution in [2.24, 2.45) is 0 Å². The van der Waals surface area contributed by atoms with E-state index in [4.69, 9.17) is 0 Å². The fraction of sp³-hybridized carbons (Fsp3) is 0.714. The Labute approximate surface area is 72.9 Å². The minimum atomic E-state index is -0.934. The van der Waals surface area contributed by atoms with E-state index >= 15 is 0 Å². The first-order valence-corrected chi connectivity index (χ1v) is 7.92. The lowest BCUT2D eigenvalue weighted by molar-refractivity contribution is 1.22. The molecule has 0 aromatic rings. The molecule has 2 heteroatoms. The molecule has 0 aliphatic heterocycles. The van der Waals surface area contributed by atoms with Crippen LogP contribution >= 0.6 is 22.6 Å². The van der Waals surface area contributed by atoms with E-state index in [0.29, 0.717) is 0 Å². The third kappa shape index (κ3) is 4.14. The molecule has 0 atom stereocenters. The molecule has 0 saturated heterocycles. The van der Waals surface area contributed by atoms with Crippen LogP contribution in [0.2, 0.25) is 19.6 Å². The second kappa shape index (κ2) is 3.76. The van der Waals surface area contributed by atoms with Gasteiger partial charge >= 0.3 is 0 Å². The van der Waals surface area contributed by atoms with Crippen molar-refractivity contribution in [3.8, 4) is 0 Å². The number of hydrogen-bond acceptors (Lipinski definition) is 0. The average molecular weight is 254 g/mol. The maximum atomic E-state index is 2.47. The summed E-state index contributed by atoms with van der Waals surface area (Å²) in [5.74, 6) is 0. The number of allylic oxidation sites excluding steroid dienone is 1. The van der Waals surface area contributed by atoms with Crippen LogP contribution in [0.1, 0.15) is 13.3 Å². The molecule has 0 nitrogen and oxygen atoms in total. The van der Waals surface area contributed by atoms with Crippen molar-refractivity contribution in [3.63, 3.8) is 0 Å². The standard InChI is InChI=1S/C7H15ISi/c1-5-6-7(8)9(2,3)4/h6H,5H2,1-4H3/b7-6+. The van der Waals surface area contributed by atoms with Crippen LogP contribution in [0.15, 0.2) is 9.28 Å². The molecular weight excluding hydrogens is 239 g/mol. The molecule has 54 valence electrons. The van der Waals surface area contributed by atoms with Crippen LogP contribution in [-0.4, -0.2) is 8.07 Å². The Morgan fingerprint density at radius 3 is 2.00 bits per heavy atom. The van der Waals surface area contributed by atoms with Crippen molar-refractivity contribution in [2.45, 2.75) is 33.0 Å². The van der Waals surface area contributed by atoms with E-state index in [1.54, 1.807) is 3.20 Å². The summed E-state index contributed by atoms with van der Waals surface area (Å²) in [7, 11) is -0.934. The van der Waals surface area contributed by atoms with E-state index in [1.165, 1.54) is 6.42 Å². The molecule has 0 N–H and O–H groups in total. The third-order valence-corrected chi connectivity index (χ3v) is 8.03. The Morgan fingerprint density at radius 2 is 1.89 bits per heavy atom. The number of hydrogen-bond donors (Lipinski definition) is 0. The fourth-order valence-electron chi connectivity index (χ4n) is 0.485. The highest BCUT2D eigenvalue weighted by atomic mass is 127. The van der Waals surface area contributed by atoms with Gasteiger partial charge in [-0.25, -0.2) is 0 Å². The molecule has 0 rings (SSSR count). The third-order valence-electron chi connectivity index (χ3n) is 1.10. The van der Waals surface area contributed by atoms with Crippen molar-refractivity contribution >= 4 is 30.7 Å². The fourth-order valence-corrected chi connectivity index (χ4v) is 1.74. The molecule has 0 heterocycles. The van der Waals surface area contributed by atoms with Crippen LogP contribution in [0.4, 0.5) is 0 Å². The minimum absolute atomic E-state index is 0.934. The zero-order valence-corrected chi connectivity index (χ0v) is 9.82. The van der Waals surface area contributed by atoms with E-state index in [1.807, 2.05) is 0 Å². The van der Waals surface area contributed by atoms with Crippen molar-refractivity contribution in [2.75, 3.05) is 0 Å². The molecule has 0 aromatic heterocycles. The topological polar surface area (TPSA) is 0 Å². The van der Waals surface area contributed by atoms with Crippen LogP contribution in [0.3, 0.4) is 0 Å². The van der Waals surface area contributed by atoms with E-state index in [2.05, 4.69) is 55.2 Å². The Bertz CT molecular complexity index is 111. The van der Waals surface area contributed by atoms with E-state index in [-0.39, 0.29) is 0 Å². The number of halogens is 1. The molecule has 0 spiro atoms. The molecule has 0 aliphatic carbocycles. The highest BCUT2D eigenvalue weighted by molar-refractivity contribution is 14.1. The van der Waals surface area contributed by atoms with Gasteiger partial charge in [-0.05, 0) is 9.62 Å². The van der Waals surface area contributed by atoms with Gasteiger partial charge in [0.1, 0.15) is 0 Å². The SMILES string of the molecule is CC/C=C(\I)[Si](C)(C)C. The quantitative estimate of drug-likeness (QED) is 0.521. The summed E-state index contributed by atoms with van der Waals surface area (Å²) in [6.07, 6.45) is 3.52. The average Bonchev–Trinajstić information content (AvgIpc) is 1.64. The summed E-state index contributed by atoms with van der Waals surface area (Å²) in [5.41, 5.74) is 0. The van der Waals surface area contributed by atoms with Crippen LogP contribution < -0.4 is 0 Å². The first-order chi connectivity index (χ1) is 3.98. The van der Waals surface area contributed by atoms with Gasteiger partial charge in [0.2, 0.25) is 0 Å². The molecule has 9 heavy (non-hydrogen) atoms. The van der Waals surface area contributed by atoms with Gasteiger partial charge in [0.05, 0.1) is 8.07 Å². The molecule has 0 radical (unpaired) electrons. The van der Waals surface area contributed by atoms with Gasteiger partial charge in [-0.1, -0.05) is 55.2 Å². The maximum absolute atomic E-state index is 2.47. The summed E-state index contributed by atoms with van der Waals surface area (Å²) in [5, 5.41) is 0. The first-order valence-electron chi connectivity index (χ1n) is 3.34. The van der Waals surface area contributed by atoms with Crippen LogP contribution in [0, 0.1) is 0 Å². The lowest BCUT2D eigenvalue weighted by atomic mass is 10.5. The van der Waals surface area contributed by atoms with Crippen molar-refractivity contribution in [1.82, 2.24) is 0 Å². The van der Waals surface area contributed by atoms with Gasteiger partial charge in [-0.15, -0.1) is 0 Å². The Balaban J connectivity index is 4.03. The Hall–Kier alpha value is 0.687. The summed E-state index contributed by atoms with van der Waals surface area (Å²) in [6.45, 7) is 9.32. The minimum Gasteiger partial charge on any atom is -0.0796 e. The van der Waals surface area contributed by atoms with Crippen molar-refractivity contribution in [3.05, 3.63) is 9.28 Å². The van der Waals surface area contributed by atoms with E-state index in [9.17, 15) is 0 Å². The van der Waals surface area contributed by atoms with Gasteiger partial charge in [0.25, 0.3) is 0 Å². The smallest absolute Gasteiger partial charge is 0.0796 e. The summed E-state index contributed by atoms with van der Waals surface area (Å²) >= 11 is 2.47. The predicted molar refractivity (Wildman–Crippen MR) is 55.7 cm³/mol. The highest BCUT2D eigenvalue weighted by Gasteiger charge is 2.15. The number of rotatable bonds is 2. The van der Waals surface area contributed by atoms with Gasteiger partial charge in [-0.2, -0.15) is 0 Å². The van der Waals surface area contributed by atoms with Crippen LogP contribution in [-0.2, 0) is 0 Å². The summed E-state index contributed by atoms with van der Waals surface area (Å²) in [4.78, 5) is 0.